The molecule has 0 spiro atoms. The van der Waals surface area contributed by atoms with Gasteiger partial charge < -0.3 is 0 Å². The SMILES string of the molecule is Cc1ccc(-c2nc3c(cc2C#N)c(-c2ccc(Br)cc2)nn3-c2ccccc2)cc1. The first-order chi connectivity index (χ1) is 15.1. The summed E-state index contributed by atoms with van der Waals surface area (Å²) in [5.41, 5.74) is 6.67. The molecule has 0 radical (unpaired) electrons. The van der Waals surface area contributed by atoms with Crippen LogP contribution in [-0.2, 0) is 0 Å². The molecule has 31 heavy (non-hydrogen) atoms. The monoisotopic (exact) mass is 464 g/mol. The van der Waals surface area contributed by atoms with Gasteiger partial charge in [0, 0.05) is 21.0 Å². The molecule has 2 heterocycles. The Hall–Kier alpha value is -3.75. The van der Waals surface area contributed by atoms with Gasteiger partial charge in [-0.25, -0.2) is 9.67 Å². The van der Waals surface area contributed by atoms with Gasteiger partial charge >= 0.3 is 0 Å². The Morgan fingerprint density at radius 2 is 1.48 bits per heavy atom. The maximum Gasteiger partial charge on any atom is 0.164 e. The van der Waals surface area contributed by atoms with Gasteiger partial charge in [-0.3, -0.25) is 0 Å². The molecule has 0 aliphatic carbocycles. The molecule has 0 aliphatic rings. The van der Waals surface area contributed by atoms with E-state index in [2.05, 4.69) is 22.0 Å². The number of fused-ring (bicyclic) bond motifs is 1. The van der Waals surface area contributed by atoms with Crippen molar-refractivity contribution in [1.29, 1.82) is 5.26 Å². The van der Waals surface area contributed by atoms with Crippen LogP contribution in [0.25, 0.3) is 39.2 Å². The lowest BCUT2D eigenvalue weighted by Gasteiger charge is -2.07. The Bertz CT molecular complexity index is 1430. The van der Waals surface area contributed by atoms with Crippen LogP contribution in [0.4, 0.5) is 0 Å². The number of aromatic nitrogens is 3. The highest BCUT2D eigenvalue weighted by atomic mass is 79.9. The molecule has 5 aromatic rings. The van der Waals surface area contributed by atoms with Crippen molar-refractivity contribution < 1.29 is 0 Å². The normalized spacial score (nSPS) is 10.9. The maximum atomic E-state index is 9.89. The van der Waals surface area contributed by atoms with Crippen LogP contribution >= 0.6 is 15.9 Å². The van der Waals surface area contributed by atoms with Gasteiger partial charge in [-0.1, -0.05) is 76.1 Å². The fraction of sp³-hybridized carbons (Fsp3) is 0.0385. The van der Waals surface area contributed by atoms with Crippen molar-refractivity contribution in [2.75, 3.05) is 0 Å². The molecule has 0 aliphatic heterocycles. The van der Waals surface area contributed by atoms with E-state index in [1.165, 1.54) is 0 Å². The largest absolute Gasteiger partial charge is 0.227 e. The Balaban J connectivity index is 1.83. The van der Waals surface area contributed by atoms with E-state index in [0.717, 1.165) is 43.6 Å². The minimum absolute atomic E-state index is 0.530. The van der Waals surface area contributed by atoms with Gasteiger partial charge in [-0.15, -0.1) is 0 Å². The third kappa shape index (κ3) is 3.52. The summed E-state index contributed by atoms with van der Waals surface area (Å²) in [6.07, 6.45) is 0. The first-order valence-corrected chi connectivity index (χ1v) is 10.7. The second-order valence-electron chi connectivity index (χ2n) is 7.34. The lowest BCUT2D eigenvalue weighted by Crippen LogP contribution is -1.99. The van der Waals surface area contributed by atoms with Crippen molar-refractivity contribution >= 4 is 27.0 Å². The molecule has 0 bridgehead atoms. The molecule has 0 N–H and O–H groups in total. The Labute approximate surface area is 188 Å². The number of hydrogen-bond donors (Lipinski definition) is 0. The summed E-state index contributed by atoms with van der Waals surface area (Å²) >= 11 is 3.49. The van der Waals surface area contributed by atoms with Crippen molar-refractivity contribution in [2.24, 2.45) is 0 Å². The third-order valence-corrected chi connectivity index (χ3v) is 5.75. The summed E-state index contributed by atoms with van der Waals surface area (Å²) in [7, 11) is 0. The average molecular weight is 465 g/mol. The van der Waals surface area contributed by atoms with Crippen molar-refractivity contribution in [1.82, 2.24) is 14.8 Å². The zero-order valence-electron chi connectivity index (χ0n) is 16.7. The molecule has 5 rings (SSSR count). The number of para-hydroxylation sites is 1. The van der Waals surface area contributed by atoms with Crippen LogP contribution in [0.1, 0.15) is 11.1 Å². The average Bonchev–Trinajstić information content (AvgIpc) is 3.18. The second kappa shape index (κ2) is 7.82. The number of halogens is 1. The van der Waals surface area contributed by atoms with Crippen LogP contribution in [0, 0.1) is 18.3 Å². The summed E-state index contributed by atoms with van der Waals surface area (Å²) in [6, 6.07) is 30.3. The van der Waals surface area contributed by atoms with E-state index in [1.807, 2.05) is 96.5 Å². The topological polar surface area (TPSA) is 54.5 Å². The van der Waals surface area contributed by atoms with Crippen LogP contribution in [-0.4, -0.2) is 14.8 Å². The summed E-state index contributed by atoms with van der Waals surface area (Å²) in [4.78, 5) is 4.95. The summed E-state index contributed by atoms with van der Waals surface area (Å²) < 4.78 is 2.85. The molecule has 5 heteroatoms. The molecule has 0 saturated carbocycles. The predicted octanol–water partition coefficient (Wildman–Crippen LogP) is 6.70. The molecular weight excluding hydrogens is 448 g/mol. The van der Waals surface area contributed by atoms with Crippen molar-refractivity contribution in [3.05, 3.63) is 101 Å². The molecule has 0 atom stereocenters. The number of nitrogens with zero attached hydrogens (tertiary/aromatic N) is 4. The van der Waals surface area contributed by atoms with Gasteiger partial charge in [-0.05, 0) is 37.3 Å². The van der Waals surface area contributed by atoms with Crippen molar-refractivity contribution in [3.8, 4) is 34.3 Å². The number of hydrogen-bond acceptors (Lipinski definition) is 3. The summed E-state index contributed by atoms with van der Waals surface area (Å²) in [5, 5.41) is 15.7. The lowest BCUT2D eigenvalue weighted by atomic mass is 10.0. The van der Waals surface area contributed by atoms with Gasteiger partial charge in [0.2, 0.25) is 0 Å². The van der Waals surface area contributed by atoms with Gasteiger partial charge in [-0.2, -0.15) is 10.4 Å². The van der Waals surface area contributed by atoms with Crippen LogP contribution < -0.4 is 0 Å². The van der Waals surface area contributed by atoms with Crippen LogP contribution in [0.15, 0.2) is 89.4 Å². The predicted molar refractivity (Wildman–Crippen MR) is 127 cm³/mol. The highest BCUT2D eigenvalue weighted by Crippen LogP contribution is 2.33. The zero-order valence-corrected chi connectivity index (χ0v) is 18.3. The molecule has 0 amide bonds. The van der Waals surface area contributed by atoms with Crippen LogP contribution in [0.2, 0.25) is 0 Å². The van der Waals surface area contributed by atoms with Crippen molar-refractivity contribution in [3.63, 3.8) is 0 Å². The third-order valence-electron chi connectivity index (χ3n) is 5.22. The number of benzene rings is 3. The molecule has 0 unspecified atom stereocenters. The van der Waals surface area contributed by atoms with E-state index >= 15 is 0 Å². The number of rotatable bonds is 3. The Kier molecular flexibility index (Phi) is 4.85. The van der Waals surface area contributed by atoms with Crippen LogP contribution in [0.5, 0.6) is 0 Å². The van der Waals surface area contributed by atoms with Gasteiger partial charge in [0.25, 0.3) is 0 Å². The molecular formula is C26H17BrN4. The summed E-state index contributed by atoms with van der Waals surface area (Å²) in [6.45, 7) is 2.04. The maximum absolute atomic E-state index is 9.89. The van der Waals surface area contributed by atoms with Gasteiger partial charge in [0.05, 0.1) is 16.9 Å². The van der Waals surface area contributed by atoms with Crippen molar-refractivity contribution in [2.45, 2.75) is 6.92 Å². The molecule has 2 aromatic heterocycles. The van der Waals surface area contributed by atoms with E-state index < -0.39 is 0 Å². The molecule has 4 nitrogen and oxygen atoms in total. The number of pyridine rings is 1. The second-order valence-corrected chi connectivity index (χ2v) is 8.25. The first kappa shape index (κ1) is 19.2. The standard InChI is InChI=1S/C26H17BrN4/c1-17-7-9-18(10-8-17)24-20(16-28)15-23-25(19-11-13-21(27)14-12-19)30-31(26(23)29-24)22-5-3-2-4-6-22/h2-15H,1H3. The molecule has 148 valence electrons. The number of aryl methyl sites for hydroxylation is 1. The van der Waals surface area contributed by atoms with Crippen LogP contribution in [0.3, 0.4) is 0 Å². The fourth-order valence-electron chi connectivity index (χ4n) is 3.63. The van der Waals surface area contributed by atoms with Gasteiger partial charge in [0.1, 0.15) is 11.8 Å². The van der Waals surface area contributed by atoms with E-state index in [9.17, 15) is 5.26 Å². The summed E-state index contributed by atoms with van der Waals surface area (Å²) in [5.74, 6) is 0. The van der Waals surface area contributed by atoms with E-state index in [-0.39, 0.29) is 0 Å². The van der Waals surface area contributed by atoms with Gasteiger partial charge in [0.15, 0.2) is 5.65 Å². The van der Waals surface area contributed by atoms with E-state index in [1.54, 1.807) is 0 Å². The minimum atomic E-state index is 0.530. The highest BCUT2D eigenvalue weighted by molar-refractivity contribution is 9.10. The Morgan fingerprint density at radius 1 is 0.839 bits per heavy atom. The molecule has 0 saturated heterocycles. The van der Waals surface area contributed by atoms with E-state index in [0.29, 0.717) is 11.3 Å². The number of nitriles is 1. The minimum Gasteiger partial charge on any atom is -0.227 e. The first-order valence-electron chi connectivity index (χ1n) is 9.86. The zero-order chi connectivity index (χ0) is 21.4. The Morgan fingerprint density at radius 3 is 2.16 bits per heavy atom. The highest BCUT2D eigenvalue weighted by Gasteiger charge is 2.19. The quantitative estimate of drug-likeness (QED) is 0.298. The lowest BCUT2D eigenvalue weighted by molar-refractivity contribution is 0.901. The smallest absolute Gasteiger partial charge is 0.164 e. The molecule has 3 aromatic carbocycles. The fourth-order valence-corrected chi connectivity index (χ4v) is 3.89. The molecule has 0 fully saturated rings. The van der Waals surface area contributed by atoms with E-state index in [4.69, 9.17) is 10.1 Å².